The fraction of sp³-hybridized carbons (Fsp3) is 0.188. The number of nitrogens with zero attached hydrogens (tertiary/aromatic N) is 5. The molecule has 0 unspecified atom stereocenters. The Bertz CT molecular complexity index is 1140. The molecular formula is C16H14N5+. The maximum absolute atomic E-state index is 8.08. The van der Waals surface area contributed by atoms with E-state index in [1.807, 2.05) is 40.4 Å². The molecule has 0 aliphatic carbocycles. The summed E-state index contributed by atoms with van der Waals surface area (Å²) in [5, 5.41) is 0. The number of fused-ring (bicyclic) bond motifs is 7. The molecule has 0 atom stereocenters. The normalized spacial score (nSPS) is 15.8. The number of rotatable bonds is 0. The van der Waals surface area contributed by atoms with E-state index < -0.39 is 6.98 Å². The SMILES string of the molecule is [2H]C([2H])([2H])[n+]1c2n(c3c4ncccc4n(C)c31)Cc1ncccc1-2. The van der Waals surface area contributed by atoms with Crippen LogP contribution in [0.25, 0.3) is 33.6 Å². The maximum Gasteiger partial charge on any atom is 0.270 e. The van der Waals surface area contributed by atoms with E-state index in [0.717, 1.165) is 27.8 Å². The highest BCUT2D eigenvalue weighted by Crippen LogP contribution is 2.35. The third-order valence-corrected chi connectivity index (χ3v) is 4.29. The summed E-state index contributed by atoms with van der Waals surface area (Å²) in [7, 11) is 1.88. The third-order valence-electron chi connectivity index (χ3n) is 4.29. The lowest BCUT2D eigenvalue weighted by atomic mass is 10.2. The van der Waals surface area contributed by atoms with Gasteiger partial charge >= 0.3 is 0 Å². The molecule has 0 amide bonds. The molecule has 1 aliphatic heterocycles. The van der Waals surface area contributed by atoms with Crippen LogP contribution >= 0.6 is 0 Å². The van der Waals surface area contributed by atoms with Crippen LogP contribution in [0.3, 0.4) is 0 Å². The van der Waals surface area contributed by atoms with Gasteiger partial charge in [-0.2, -0.15) is 0 Å². The van der Waals surface area contributed by atoms with E-state index in [-0.39, 0.29) is 0 Å². The quantitative estimate of drug-likeness (QED) is 0.405. The van der Waals surface area contributed by atoms with Crippen LogP contribution in [0.15, 0.2) is 36.7 Å². The van der Waals surface area contributed by atoms with Crippen LogP contribution in [0.1, 0.15) is 9.81 Å². The molecule has 0 radical (unpaired) electrons. The number of hydrogen-bond acceptors (Lipinski definition) is 2. The Labute approximate surface area is 125 Å². The van der Waals surface area contributed by atoms with Crippen molar-refractivity contribution in [3.05, 3.63) is 42.4 Å². The van der Waals surface area contributed by atoms with Crippen molar-refractivity contribution >= 4 is 22.2 Å². The van der Waals surface area contributed by atoms with E-state index in [1.165, 1.54) is 4.57 Å². The van der Waals surface area contributed by atoms with Gasteiger partial charge < -0.3 is 0 Å². The van der Waals surface area contributed by atoms with Gasteiger partial charge in [-0.15, -0.1) is 0 Å². The van der Waals surface area contributed by atoms with Crippen molar-refractivity contribution in [2.24, 2.45) is 14.0 Å². The lowest BCUT2D eigenvalue weighted by Crippen LogP contribution is -2.31. The van der Waals surface area contributed by atoms with Gasteiger partial charge in [0.2, 0.25) is 11.3 Å². The Kier molecular flexibility index (Phi) is 1.42. The van der Waals surface area contributed by atoms with Crippen LogP contribution < -0.4 is 4.57 Å². The first-order chi connectivity index (χ1) is 11.5. The summed E-state index contributed by atoms with van der Waals surface area (Å²) in [6, 6.07) is 7.59. The lowest BCUT2D eigenvalue weighted by Gasteiger charge is -1.98. The van der Waals surface area contributed by atoms with Gasteiger partial charge in [-0.05, 0) is 24.3 Å². The molecule has 0 N–H and O–H groups in total. The lowest BCUT2D eigenvalue weighted by molar-refractivity contribution is -0.636. The Morgan fingerprint density at radius 3 is 3.00 bits per heavy atom. The highest BCUT2D eigenvalue weighted by Gasteiger charge is 2.35. The number of imidazole rings is 1. The first-order valence-corrected chi connectivity index (χ1v) is 6.81. The zero-order valence-electron chi connectivity index (χ0n) is 14.4. The molecule has 0 saturated carbocycles. The first kappa shape index (κ1) is 8.56. The Morgan fingerprint density at radius 1 is 1.24 bits per heavy atom. The molecule has 4 aromatic rings. The zero-order chi connectivity index (χ0) is 16.6. The summed E-state index contributed by atoms with van der Waals surface area (Å²) < 4.78 is 29.6. The molecular weight excluding hydrogens is 262 g/mol. The average molecular weight is 279 g/mol. The third kappa shape index (κ3) is 1.15. The van der Waals surface area contributed by atoms with Gasteiger partial charge in [0.1, 0.15) is 17.6 Å². The van der Waals surface area contributed by atoms with Crippen molar-refractivity contribution in [3.8, 4) is 11.4 Å². The summed E-state index contributed by atoms with van der Waals surface area (Å²) in [4.78, 5) is 8.92. The second-order valence-corrected chi connectivity index (χ2v) is 5.35. The Balaban J connectivity index is 2.05. The minimum atomic E-state index is -2.29. The molecule has 102 valence electrons. The van der Waals surface area contributed by atoms with Gasteiger partial charge in [-0.1, -0.05) is 0 Å². The average Bonchev–Trinajstić information content (AvgIpc) is 3.15. The second kappa shape index (κ2) is 3.49. The minimum Gasteiger partial charge on any atom is -0.257 e. The van der Waals surface area contributed by atoms with Crippen LogP contribution in [0.5, 0.6) is 0 Å². The van der Waals surface area contributed by atoms with Gasteiger partial charge in [0.05, 0.1) is 29.4 Å². The predicted molar refractivity (Wildman–Crippen MR) is 79.7 cm³/mol. The van der Waals surface area contributed by atoms with Gasteiger partial charge in [0, 0.05) is 12.4 Å². The largest absolute Gasteiger partial charge is 0.270 e. The summed E-state index contributed by atoms with van der Waals surface area (Å²) >= 11 is 0. The number of hydrogen-bond donors (Lipinski definition) is 0. The van der Waals surface area contributed by atoms with Crippen LogP contribution in [-0.4, -0.2) is 19.1 Å². The molecule has 1 aliphatic rings. The van der Waals surface area contributed by atoms with Crippen molar-refractivity contribution < 1.29 is 8.68 Å². The van der Waals surface area contributed by atoms with Crippen LogP contribution in [-0.2, 0) is 20.6 Å². The molecule has 5 heteroatoms. The molecule has 0 fully saturated rings. The van der Waals surface area contributed by atoms with Crippen molar-refractivity contribution in [1.29, 1.82) is 0 Å². The Morgan fingerprint density at radius 2 is 2.10 bits per heavy atom. The molecule has 0 spiro atoms. The highest BCUT2D eigenvalue weighted by molar-refractivity contribution is 6.02. The standard InChI is InChI=1S/C16H14N5/c1-19-12-6-4-8-18-13(12)14-16(19)20(2)15-10-5-3-7-17-11(10)9-21(14)15/h3-8H,9H2,1-2H3/q+1/i2D3. The number of aromatic nitrogens is 5. The van der Waals surface area contributed by atoms with E-state index >= 15 is 0 Å². The topological polar surface area (TPSA) is 39.5 Å². The zero-order valence-corrected chi connectivity index (χ0v) is 11.4. The summed E-state index contributed by atoms with van der Waals surface area (Å²) in [6.45, 7) is -1.74. The predicted octanol–water partition coefficient (Wildman–Crippen LogP) is 1.78. The smallest absolute Gasteiger partial charge is 0.257 e. The summed E-state index contributed by atoms with van der Waals surface area (Å²) in [5.41, 5.74) is 4.99. The van der Waals surface area contributed by atoms with E-state index in [0.29, 0.717) is 18.0 Å². The minimum absolute atomic E-state index is 0.556. The van der Waals surface area contributed by atoms with E-state index in [1.54, 1.807) is 12.4 Å². The fourth-order valence-corrected chi connectivity index (χ4v) is 3.40. The maximum atomic E-state index is 8.08. The molecule has 4 aromatic heterocycles. The molecule has 0 bridgehead atoms. The van der Waals surface area contributed by atoms with Crippen LogP contribution in [0.4, 0.5) is 0 Å². The molecule has 5 heterocycles. The van der Waals surface area contributed by atoms with E-state index in [4.69, 9.17) is 4.11 Å². The van der Waals surface area contributed by atoms with Crippen molar-refractivity contribution in [2.45, 2.75) is 6.54 Å². The van der Waals surface area contributed by atoms with Gasteiger partial charge in [0.25, 0.3) is 5.65 Å². The molecule has 5 nitrogen and oxygen atoms in total. The van der Waals surface area contributed by atoms with Crippen molar-refractivity contribution in [1.82, 2.24) is 19.1 Å². The summed E-state index contributed by atoms with van der Waals surface area (Å²) in [5.74, 6) is 0.672. The highest BCUT2D eigenvalue weighted by atomic mass is 15.2. The summed E-state index contributed by atoms with van der Waals surface area (Å²) in [6.07, 6.45) is 3.48. The van der Waals surface area contributed by atoms with Crippen LogP contribution in [0, 0.1) is 0 Å². The molecule has 0 saturated heterocycles. The number of aryl methyl sites for hydroxylation is 2. The Hall–Kier alpha value is -2.69. The van der Waals surface area contributed by atoms with E-state index in [2.05, 4.69) is 9.97 Å². The molecule has 5 rings (SSSR count). The second-order valence-electron chi connectivity index (χ2n) is 5.35. The first-order valence-electron chi connectivity index (χ1n) is 8.31. The van der Waals surface area contributed by atoms with Gasteiger partial charge in [-0.25, -0.2) is 14.1 Å². The van der Waals surface area contributed by atoms with Crippen molar-refractivity contribution in [2.75, 3.05) is 0 Å². The van der Waals surface area contributed by atoms with Gasteiger partial charge in [-0.3, -0.25) is 9.55 Å². The van der Waals surface area contributed by atoms with Gasteiger partial charge in [0.15, 0.2) is 0 Å². The van der Waals surface area contributed by atoms with Crippen molar-refractivity contribution in [3.63, 3.8) is 0 Å². The number of pyridine rings is 2. The molecule has 0 aromatic carbocycles. The molecule has 21 heavy (non-hydrogen) atoms. The monoisotopic (exact) mass is 279 g/mol. The van der Waals surface area contributed by atoms with Crippen LogP contribution in [0.2, 0.25) is 0 Å². The fourth-order valence-electron chi connectivity index (χ4n) is 3.40. The van der Waals surface area contributed by atoms with E-state index in [9.17, 15) is 0 Å².